The zero-order chi connectivity index (χ0) is 32.5. The van der Waals surface area contributed by atoms with Gasteiger partial charge in [-0.15, -0.1) is 0 Å². The number of halogens is 5. The topological polar surface area (TPSA) is 102 Å². The van der Waals surface area contributed by atoms with Gasteiger partial charge in [0.25, 0.3) is 5.91 Å². The van der Waals surface area contributed by atoms with Crippen LogP contribution >= 0.6 is 11.6 Å². The van der Waals surface area contributed by atoms with Gasteiger partial charge in [0, 0.05) is 44.0 Å². The van der Waals surface area contributed by atoms with E-state index in [-0.39, 0.29) is 50.8 Å². The maximum absolute atomic E-state index is 14.0. The molecule has 0 bridgehead atoms. The van der Waals surface area contributed by atoms with E-state index < -0.39 is 34.5 Å². The van der Waals surface area contributed by atoms with E-state index >= 15 is 0 Å². The van der Waals surface area contributed by atoms with Crippen LogP contribution in [0, 0.1) is 17.2 Å². The van der Waals surface area contributed by atoms with Gasteiger partial charge in [-0.25, -0.2) is 4.39 Å². The van der Waals surface area contributed by atoms with Gasteiger partial charge in [0.1, 0.15) is 11.4 Å². The van der Waals surface area contributed by atoms with Gasteiger partial charge in [-0.3, -0.25) is 9.78 Å². The molecule has 2 aromatic rings. The average Bonchev–Trinajstić information content (AvgIpc) is 3.48. The van der Waals surface area contributed by atoms with Gasteiger partial charge in [-0.2, -0.15) is 28.4 Å². The molecule has 0 aromatic carbocycles. The molecular weight excluding hydrogens is 616 g/mol. The SMILES string of the molecule is C=C(F)C(=O)N1CCN(c2nc(OC[C@H]3CC[C@H](N(C)C)C3)nc3c2CCN(c2cncc(Cl)c2C(F)(F)F)C3)C[C@@H]1CC#N. The first-order valence-electron chi connectivity index (χ1n) is 14.8. The van der Waals surface area contributed by atoms with Gasteiger partial charge in [-0.05, 0) is 45.7 Å². The molecular formula is C30H35ClF4N8O2. The number of nitrogens with zero attached hydrogens (tertiary/aromatic N) is 8. The van der Waals surface area contributed by atoms with E-state index in [1.807, 2.05) is 4.90 Å². The minimum Gasteiger partial charge on any atom is -0.463 e. The summed E-state index contributed by atoms with van der Waals surface area (Å²) >= 11 is 5.97. The smallest absolute Gasteiger partial charge is 0.419 e. The van der Waals surface area contributed by atoms with E-state index in [2.05, 4.69) is 41.6 Å². The van der Waals surface area contributed by atoms with Gasteiger partial charge >= 0.3 is 12.2 Å². The molecule has 45 heavy (non-hydrogen) atoms. The second-order valence-electron chi connectivity index (χ2n) is 11.9. The number of carbonyl (C=O) groups excluding carboxylic acids is 1. The maximum Gasteiger partial charge on any atom is 0.419 e. The Bertz CT molecular complexity index is 1480. The van der Waals surface area contributed by atoms with Crippen molar-refractivity contribution >= 4 is 29.0 Å². The molecule has 0 spiro atoms. The highest BCUT2D eigenvalue weighted by Crippen LogP contribution is 2.42. The number of pyridine rings is 1. The van der Waals surface area contributed by atoms with Crippen LogP contribution in [0.2, 0.25) is 5.02 Å². The van der Waals surface area contributed by atoms with Crippen molar-refractivity contribution in [1.82, 2.24) is 24.8 Å². The number of carbonyl (C=O) groups is 1. The van der Waals surface area contributed by atoms with Crippen molar-refractivity contribution < 1.29 is 27.1 Å². The highest BCUT2D eigenvalue weighted by atomic mass is 35.5. The minimum atomic E-state index is -4.69. The van der Waals surface area contributed by atoms with Crippen molar-refractivity contribution in [2.45, 2.75) is 56.9 Å². The van der Waals surface area contributed by atoms with E-state index in [1.54, 1.807) is 4.90 Å². The molecule has 242 valence electrons. The number of hydrogen-bond donors (Lipinski definition) is 0. The van der Waals surface area contributed by atoms with E-state index in [0.717, 1.165) is 37.2 Å². The fraction of sp³-hybridized carbons (Fsp3) is 0.567. The maximum atomic E-state index is 14.0. The fourth-order valence-electron chi connectivity index (χ4n) is 6.48. The molecule has 15 heteroatoms. The second kappa shape index (κ2) is 13.3. The van der Waals surface area contributed by atoms with Crippen LogP contribution in [0.15, 0.2) is 24.8 Å². The van der Waals surface area contributed by atoms with Crippen LogP contribution in [0.3, 0.4) is 0 Å². The van der Waals surface area contributed by atoms with E-state index in [1.165, 1.54) is 4.90 Å². The Kier molecular flexibility index (Phi) is 9.69. The second-order valence-corrected chi connectivity index (χ2v) is 12.3. The number of alkyl halides is 3. The summed E-state index contributed by atoms with van der Waals surface area (Å²) in [5.74, 6) is -1.13. The molecule has 2 aliphatic heterocycles. The number of aromatic nitrogens is 3. The van der Waals surface area contributed by atoms with Crippen LogP contribution in [0.1, 0.15) is 42.5 Å². The predicted molar refractivity (Wildman–Crippen MR) is 160 cm³/mol. The van der Waals surface area contributed by atoms with Crippen molar-refractivity contribution in [1.29, 1.82) is 5.26 Å². The van der Waals surface area contributed by atoms with Gasteiger partial charge in [-0.1, -0.05) is 18.2 Å². The molecule has 1 amide bonds. The normalized spacial score (nSPS) is 21.9. The lowest BCUT2D eigenvalue weighted by Gasteiger charge is -2.42. The number of nitriles is 1. The lowest BCUT2D eigenvalue weighted by atomic mass is 10.0. The highest BCUT2D eigenvalue weighted by Gasteiger charge is 2.40. The van der Waals surface area contributed by atoms with Gasteiger partial charge < -0.3 is 24.3 Å². The van der Waals surface area contributed by atoms with E-state index in [0.29, 0.717) is 36.5 Å². The van der Waals surface area contributed by atoms with Crippen LogP contribution in [0.25, 0.3) is 0 Å². The third kappa shape index (κ3) is 7.09. The number of fused-ring (bicyclic) bond motifs is 1. The fourth-order valence-corrected chi connectivity index (χ4v) is 6.74. The van der Waals surface area contributed by atoms with Crippen molar-refractivity contribution in [2.75, 3.05) is 56.7 Å². The Morgan fingerprint density at radius 3 is 2.64 bits per heavy atom. The van der Waals surface area contributed by atoms with Crippen LogP contribution in [0.5, 0.6) is 6.01 Å². The van der Waals surface area contributed by atoms with Gasteiger partial charge in [0.05, 0.1) is 54.3 Å². The molecule has 1 saturated carbocycles. The first kappa shape index (κ1) is 32.7. The highest BCUT2D eigenvalue weighted by molar-refractivity contribution is 6.31. The molecule has 2 aromatic heterocycles. The zero-order valence-electron chi connectivity index (χ0n) is 25.2. The molecule has 3 atom stereocenters. The molecule has 1 aliphatic carbocycles. The third-order valence-electron chi connectivity index (χ3n) is 8.82. The number of anilines is 2. The number of amides is 1. The van der Waals surface area contributed by atoms with Crippen molar-refractivity contribution in [3.8, 4) is 12.1 Å². The van der Waals surface area contributed by atoms with Gasteiger partial charge in [0.15, 0.2) is 5.83 Å². The summed E-state index contributed by atoms with van der Waals surface area (Å²) < 4.78 is 62.0. The van der Waals surface area contributed by atoms with Crippen LogP contribution in [-0.4, -0.2) is 89.6 Å². The summed E-state index contributed by atoms with van der Waals surface area (Å²) in [6.07, 6.45) is 0.723. The standard InChI is InChI=1S/C30H35ClF4N8O2/c1-18(32)28(44)43-11-10-42(15-21(43)6-8-36)27-22-7-9-41(25-14-37-13-23(31)26(25)30(33,34)35)16-24(22)38-29(39-27)45-17-19-4-5-20(12-19)40(2)3/h13-14,19-21H,1,4-7,9-12,15-17H2,2-3H3/t19-,20-,21-/m0/s1. The summed E-state index contributed by atoms with van der Waals surface area (Å²) in [6.45, 7) is 4.36. The molecule has 0 unspecified atom stereocenters. The summed E-state index contributed by atoms with van der Waals surface area (Å²) in [5.41, 5.74) is 0.136. The number of piperazine rings is 1. The molecule has 3 aliphatic rings. The average molecular weight is 651 g/mol. The van der Waals surface area contributed by atoms with Crippen LogP contribution < -0.4 is 14.5 Å². The molecule has 4 heterocycles. The molecule has 10 nitrogen and oxygen atoms in total. The summed E-state index contributed by atoms with van der Waals surface area (Å²) in [4.78, 5) is 32.8. The van der Waals surface area contributed by atoms with Crippen molar-refractivity contribution in [2.24, 2.45) is 5.92 Å². The Morgan fingerprint density at radius 2 is 1.98 bits per heavy atom. The first-order chi connectivity index (χ1) is 21.4. The first-order valence-corrected chi connectivity index (χ1v) is 15.2. The Labute approximate surface area is 264 Å². The molecule has 1 saturated heterocycles. The summed E-state index contributed by atoms with van der Waals surface area (Å²) in [5, 5.41) is 8.95. The van der Waals surface area contributed by atoms with E-state index in [9.17, 15) is 27.6 Å². The zero-order valence-corrected chi connectivity index (χ0v) is 25.9. The summed E-state index contributed by atoms with van der Waals surface area (Å²) in [7, 11) is 4.10. The van der Waals surface area contributed by atoms with Crippen LogP contribution in [0.4, 0.5) is 29.1 Å². The van der Waals surface area contributed by atoms with Gasteiger partial charge in [0.2, 0.25) is 0 Å². The molecule has 2 fully saturated rings. The lowest BCUT2D eigenvalue weighted by molar-refractivity contribution is -0.137. The largest absolute Gasteiger partial charge is 0.463 e. The number of ether oxygens (including phenoxy) is 1. The number of hydrogen-bond acceptors (Lipinski definition) is 9. The Balaban J connectivity index is 1.47. The quantitative estimate of drug-likeness (QED) is 0.299. The lowest BCUT2D eigenvalue weighted by Crippen LogP contribution is -2.55. The number of rotatable bonds is 8. The molecule has 5 rings (SSSR count). The Hall–Kier alpha value is -3.70. The Morgan fingerprint density at radius 1 is 1.20 bits per heavy atom. The monoisotopic (exact) mass is 650 g/mol. The van der Waals surface area contributed by atoms with Crippen molar-refractivity contribution in [3.63, 3.8) is 0 Å². The summed E-state index contributed by atoms with van der Waals surface area (Å²) in [6, 6.07) is 2.01. The van der Waals surface area contributed by atoms with Crippen molar-refractivity contribution in [3.05, 3.63) is 46.6 Å². The predicted octanol–water partition coefficient (Wildman–Crippen LogP) is 4.63. The molecule has 0 radical (unpaired) electrons. The third-order valence-corrected chi connectivity index (χ3v) is 9.11. The molecule has 0 N–H and O–H groups in total. The van der Waals surface area contributed by atoms with E-state index in [4.69, 9.17) is 21.3 Å². The van der Waals surface area contributed by atoms with Crippen LogP contribution in [-0.2, 0) is 23.9 Å². The minimum absolute atomic E-state index is 0.0280.